The average Bonchev–Trinajstić information content (AvgIpc) is 2.31. The Morgan fingerprint density at radius 2 is 2.24 bits per heavy atom. The van der Waals surface area contributed by atoms with Crippen molar-refractivity contribution < 1.29 is 4.74 Å². The Hall–Kier alpha value is -0.640. The van der Waals surface area contributed by atoms with Gasteiger partial charge in [-0.2, -0.15) is 0 Å². The molecule has 1 aromatic rings. The lowest BCUT2D eigenvalue weighted by Gasteiger charge is -2.34. The van der Waals surface area contributed by atoms with Gasteiger partial charge in [0.15, 0.2) is 0 Å². The van der Waals surface area contributed by atoms with Crippen LogP contribution in [0.15, 0.2) is 18.5 Å². The summed E-state index contributed by atoms with van der Waals surface area (Å²) >= 11 is 6.13. The zero-order valence-electron chi connectivity index (χ0n) is 11.0. The van der Waals surface area contributed by atoms with Gasteiger partial charge in [0.05, 0.1) is 10.6 Å². The largest absolute Gasteiger partial charge is 0.377 e. The molecule has 1 rings (SSSR count). The van der Waals surface area contributed by atoms with Crippen molar-refractivity contribution in [2.24, 2.45) is 0 Å². The SMILES string of the molecule is CCNC(Cc1ccncc1Cl)C(C)(C)OC. The quantitative estimate of drug-likeness (QED) is 0.850. The van der Waals surface area contributed by atoms with Crippen LogP contribution >= 0.6 is 11.6 Å². The smallest absolute Gasteiger partial charge is 0.0778 e. The van der Waals surface area contributed by atoms with Gasteiger partial charge >= 0.3 is 0 Å². The number of nitrogens with zero attached hydrogens (tertiary/aromatic N) is 1. The van der Waals surface area contributed by atoms with Crippen molar-refractivity contribution in [3.8, 4) is 0 Å². The number of hydrogen-bond donors (Lipinski definition) is 1. The summed E-state index contributed by atoms with van der Waals surface area (Å²) in [6, 6.07) is 2.18. The van der Waals surface area contributed by atoms with Gasteiger partial charge in [0.2, 0.25) is 0 Å². The minimum absolute atomic E-state index is 0.220. The maximum Gasteiger partial charge on any atom is 0.0778 e. The highest BCUT2D eigenvalue weighted by Crippen LogP contribution is 2.21. The topological polar surface area (TPSA) is 34.2 Å². The first kappa shape index (κ1) is 14.4. The fourth-order valence-electron chi connectivity index (χ4n) is 1.74. The predicted molar refractivity (Wildman–Crippen MR) is 71.5 cm³/mol. The van der Waals surface area contributed by atoms with Gasteiger partial charge in [-0.3, -0.25) is 4.98 Å². The normalized spacial score (nSPS) is 13.7. The van der Waals surface area contributed by atoms with Crippen LogP contribution in [0.5, 0.6) is 0 Å². The fraction of sp³-hybridized carbons (Fsp3) is 0.615. The number of pyridine rings is 1. The second-order valence-electron chi connectivity index (χ2n) is 4.59. The minimum Gasteiger partial charge on any atom is -0.377 e. The van der Waals surface area contributed by atoms with Crippen LogP contribution in [-0.2, 0) is 11.2 Å². The zero-order valence-corrected chi connectivity index (χ0v) is 11.7. The second kappa shape index (κ2) is 6.34. The van der Waals surface area contributed by atoms with E-state index in [0.717, 1.165) is 18.5 Å². The van der Waals surface area contributed by atoms with E-state index in [4.69, 9.17) is 16.3 Å². The van der Waals surface area contributed by atoms with Crippen LogP contribution in [0.3, 0.4) is 0 Å². The molecule has 0 saturated heterocycles. The van der Waals surface area contributed by atoms with Crippen molar-refractivity contribution in [2.45, 2.75) is 38.8 Å². The number of methoxy groups -OCH3 is 1. The van der Waals surface area contributed by atoms with Crippen LogP contribution in [0.25, 0.3) is 0 Å². The van der Waals surface area contributed by atoms with Crippen molar-refractivity contribution >= 4 is 11.6 Å². The van der Waals surface area contributed by atoms with Gasteiger partial charge in [0.1, 0.15) is 0 Å². The molecule has 0 bridgehead atoms. The molecule has 1 heterocycles. The molecular formula is C13H21ClN2O. The van der Waals surface area contributed by atoms with Crippen LogP contribution in [0.1, 0.15) is 26.3 Å². The summed E-state index contributed by atoms with van der Waals surface area (Å²) in [6.45, 7) is 7.15. The number of likely N-dealkylation sites (N-methyl/N-ethyl adjacent to an activating group) is 1. The van der Waals surface area contributed by atoms with Crippen molar-refractivity contribution in [1.29, 1.82) is 0 Å². The van der Waals surface area contributed by atoms with Gasteiger partial charge in [0, 0.05) is 25.5 Å². The minimum atomic E-state index is -0.234. The van der Waals surface area contributed by atoms with E-state index >= 15 is 0 Å². The molecule has 4 heteroatoms. The number of aromatic nitrogens is 1. The summed E-state index contributed by atoms with van der Waals surface area (Å²) < 4.78 is 5.54. The maximum atomic E-state index is 6.13. The summed E-state index contributed by atoms with van der Waals surface area (Å²) in [5.74, 6) is 0. The first-order chi connectivity index (χ1) is 8.01. The highest BCUT2D eigenvalue weighted by molar-refractivity contribution is 6.31. The number of ether oxygens (including phenoxy) is 1. The molecule has 0 aliphatic heterocycles. The Kier molecular flexibility index (Phi) is 5.37. The lowest BCUT2D eigenvalue weighted by molar-refractivity contribution is -0.00959. The van der Waals surface area contributed by atoms with Crippen molar-refractivity contribution in [3.63, 3.8) is 0 Å². The molecule has 1 N–H and O–H groups in total. The van der Waals surface area contributed by atoms with Crippen LogP contribution in [-0.4, -0.2) is 30.3 Å². The lowest BCUT2D eigenvalue weighted by Crippen LogP contribution is -2.49. The summed E-state index contributed by atoms with van der Waals surface area (Å²) in [5, 5.41) is 4.16. The Balaban J connectivity index is 2.84. The average molecular weight is 257 g/mol. The highest BCUT2D eigenvalue weighted by atomic mass is 35.5. The molecule has 17 heavy (non-hydrogen) atoms. The van der Waals surface area contributed by atoms with Gasteiger partial charge in [-0.15, -0.1) is 0 Å². The Morgan fingerprint density at radius 3 is 2.76 bits per heavy atom. The molecule has 0 fully saturated rings. The van der Waals surface area contributed by atoms with Crippen LogP contribution < -0.4 is 5.32 Å². The van der Waals surface area contributed by atoms with E-state index in [0.29, 0.717) is 5.02 Å². The maximum absolute atomic E-state index is 6.13. The molecule has 1 unspecified atom stereocenters. The first-order valence-corrected chi connectivity index (χ1v) is 6.26. The molecule has 0 saturated carbocycles. The van der Waals surface area contributed by atoms with E-state index in [-0.39, 0.29) is 11.6 Å². The zero-order chi connectivity index (χ0) is 12.9. The number of halogens is 1. The number of rotatable bonds is 6. The van der Waals surface area contributed by atoms with E-state index in [1.807, 2.05) is 6.07 Å². The predicted octanol–water partition coefficient (Wildman–Crippen LogP) is 2.68. The molecule has 1 aromatic heterocycles. The Morgan fingerprint density at radius 1 is 1.53 bits per heavy atom. The standard InChI is InChI=1S/C13H21ClN2O/c1-5-16-12(13(2,3)17-4)8-10-6-7-15-9-11(10)14/h6-7,9,12,16H,5,8H2,1-4H3. The molecule has 1 atom stereocenters. The van der Waals surface area contributed by atoms with Crippen molar-refractivity contribution in [3.05, 3.63) is 29.0 Å². The van der Waals surface area contributed by atoms with Gasteiger partial charge in [-0.25, -0.2) is 0 Å². The number of hydrogen-bond acceptors (Lipinski definition) is 3. The van der Waals surface area contributed by atoms with Crippen molar-refractivity contribution in [1.82, 2.24) is 10.3 Å². The summed E-state index contributed by atoms with van der Waals surface area (Å²) in [7, 11) is 1.73. The third kappa shape index (κ3) is 3.95. The molecule has 0 amide bonds. The van der Waals surface area contributed by atoms with E-state index in [1.165, 1.54) is 0 Å². The third-order valence-electron chi connectivity index (χ3n) is 3.10. The monoisotopic (exact) mass is 256 g/mol. The van der Waals surface area contributed by atoms with E-state index in [2.05, 4.69) is 31.1 Å². The summed E-state index contributed by atoms with van der Waals surface area (Å²) in [5.41, 5.74) is 0.862. The molecule has 0 aliphatic rings. The summed E-state index contributed by atoms with van der Waals surface area (Å²) in [6.07, 6.45) is 4.28. The fourth-order valence-corrected chi connectivity index (χ4v) is 1.94. The van der Waals surface area contributed by atoms with Crippen LogP contribution in [0.2, 0.25) is 5.02 Å². The highest BCUT2D eigenvalue weighted by Gasteiger charge is 2.29. The van der Waals surface area contributed by atoms with Crippen LogP contribution in [0, 0.1) is 0 Å². The molecule has 96 valence electrons. The van der Waals surface area contributed by atoms with E-state index in [1.54, 1.807) is 19.5 Å². The number of nitrogens with one attached hydrogen (secondary N) is 1. The summed E-state index contributed by atoms with van der Waals surface area (Å²) in [4.78, 5) is 4.00. The second-order valence-corrected chi connectivity index (χ2v) is 5.00. The molecule has 0 radical (unpaired) electrons. The first-order valence-electron chi connectivity index (χ1n) is 5.88. The Bertz CT molecular complexity index is 355. The van der Waals surface area contributed by atoms with Gasteiger partial charge < -0.3 is 10.1 Å². The lowest BCUT2D eigenvalue weighted by atomic mass is 9.92. The Labute approximate surface area is 109 Å². The molecular weight excluding hydrogens is 236 g/mol. The van der Waals surface area contributed by atoms with E-state index in [9.17, 15) is 0 Å². The molecule has 0 aliphatic carbocycles. The van der Waals surface area contributed by atoms with Gasteiger partial charge in [-0.05, 0) is 38.4 Å². The molecule has 0 aromatic carbocycles. The van der Waals surface area contributed by atoms with Crippen molar-refractivity contribution in [2.75, 3.05) is 13.7 Å². The molecule has 3 nitrogen and oxygen atoms in total. The van der Waals surface area contributed by atoms with E-state index < -0.39 is 0 Å². The van der Waals surface area contributed by atoms with Gasteiger partial charge in [0.25, 0.3) is 0 Å². The van der Waals surface area contributed by atoms with Crippen LogP contribution in [0.4, 0.5) is 0 Å². The third-order valence-corrected chi connectivity index (χ3v) is 3.44. The van der Waals surface area contributed by atoms with Gasteiger partial charge in [-0.1, -0.05) is 18.5 Å². The molecule has 0 spiro atoms.